The van der Waals surface area contributed by atoms with Gasteiger partial charge >= 0.3 is 6.36 Å². The van der Waals surface area contributed by atoms with Gasteiger partial charge in [0.2, 0.25) is 0 Å². The van der Waals surface area contributed by atoms with Crippen molar-refractivity contribution in [2.75, 3.05) is 7.11 Å². The molecule has 0 aliphatic carbocycles. The van der Waals surface area contributed by atoms with Crippen LogP contribution in [0.4, 0.5) is 13.2 Å². The third-order valence-corrected chi connectivity index (χ3v) is 2.94. The third-order valence-electron chi connectivity index (χ3n) is 2.94. The molecule has 0 amide bonds. The molecule has 2 atom stereocenters. The van der Waals surface area contributed by atoms with Crippen LogP contribution in [0.15, 0.2) is 24.3 Å². The zero-order chi connectivity index (χ0) is 15.6. The Morgan fingerprint density at radius 3 is 2.10 bits per heavy atom. The lowest BCUT2D eigenvalue weighted by Crippen LogP contribution is -2.39. The van der Waals surface area contributed by atoms with Crippen LogP contribution in [-0.2, 0) is 4.74 Å². The van der Waals surface area contributed by atoms with Crippen LogP contribution in [0.25, 0.3) is 0 Å². The standard InChI is InChI=1S/C14H20F3NO2/c1-13(2,3)12(19-4)11(18)9-7-5-6-8-10(9)20-14(15,16)17/h5-8,11-12H,18H2,1-4H3. The van der Waals surface area contributed by atoms with Gasteiger partial charge in [0.05, 0.1) is 12.1 Å². The van der Waals surface area contributed by atoms with Gasteiger partial charge in [-0.15, -0.1) is 13.2 Å². The molecule has 2 N–H and O–H groups in total. The van der Waals surface area contributed by atoms with E-state index in [0.29, 0.717) is 0 Å². The summed E-state index contributed by atoms with van der Waals surface area (Å²) in [5.74, 6) is -0.293. The minimum atomic E-state index is -4.75. The smallest absolute Gasteiger partial charge is 0.405 e. The average molecular weight is 291 g/mol. The summed E-state index contributed by atoms with van der Waals surface area (Å²) in [5, 5.41) is 0. The summed E-state index contributed by atoms with van der Waals surface area (Å²) in [6.07, 6.45) is -5.19. The maximum absolute atomic E-state index is 12.4. The van der Waals surface area contributed by atoms with Crippen molar-refractivity contribution >= 4 is 0 Å². The summed E-state index contributed by atoms with van der Waals surface area (Å²) < 4.78 is 46.6. The van der Waals surface area contributed by atoms with Crippen molar-refractivity contribution in [2.24, 2.45) is 11.1 Å². The van der Waals surface area contributed by atoms with Crippen molar-refractivity contribution in [3.63, 3.8) is 0 Å². The first-order valence-corrected chi connectivity index (χ1v) is 6.19. The summed E-state index contributed by atoms with van der Waals surface area (Å²) in [7, 11) is 1.49. The summed E-state index contributed by atoms with van der Waals surface area (Å²) in [6.45, 7) is 5.73. The highest BCUT2D eigenvalue weighted by Gasteiger charge is 2.36. The number of nitrogens with two attached hydrogens (primary N) is 1. The predicted octanol–water partition coefficient (Wildman–Crippen LogP) is 3.65. The summed E-state index contributed by atoms with van der Waals surface area (Å²) in [6, 6.07) is 5.13. The van der Waals surface area contributed by atoms with E-state index >= 15 is 0 Å². The van der Waals surface area contributed by atoms with Crippen LogP contribution in [0.3, 0.4) is 0 Å². The first-order chi connectivity index (χ1) is 9.06. The van der Waals surface area contributed by atoms with Gasteiger partial charge in [0.25, 0.3) is 0 Å². The topological polar surface area (TPSA) is 44.5 Å². The second-order valence-corrected chi connectivity index (χ2v) is 5.63. The molecule has 0 heterocycles. The van der Waals surface area contributed by atoms with Crippen LogP contribution < -0.4 is 10.5 Å². The van der Waals surface area contributed by atoms with Crippen LogP contribution in [0.2, 0.25) is 0 Å². The minimum Gasteiger partial charge on any atom is -0.405 e. The van der Waals surface area contributed by atoms with Gasteiger partial charge in [-0.05, 0) is 11.5 Å². The fraction of sp³-hybridized carbons (Fsp3) is 0.571. The fourth-order valence-corrected chi connectivity index (χ4v) is 2.18. The quantitative estimate of drug-likeness (QED) is 0.921. The van der Waals surface area contributed by atoms with E-state index in [2.05, 4.69) is 4.74 Å². The summed E-state index contributed by atoms with van der Waals surface area (Å²) in [4.78, 5) is 0. The molecular formula is C14H20F3NO2. The average Bonchev–Trinajstić information content (AvgIpc) is 2.26. The Bertz CT molecular complexity index is 441. The van der Waals surface area contributed by atoms with Crippen LogP contribution in [0, 0.1) is 5.41 Å². The largest absolute Gasteiger partial charge is 0.573 e. The first-order valence-electron chi connectivity index (χ1n) is 6.19. The number of methoxy groups -OCH3 is 1. The lowest BCUT2D eigenvalue weighted by Gasteiger charge is -2.34. The molecule has 0 fully saturated rings. The van der Waals surface area contributed by atoms with Gasteiger partial charge < -0.3 is 15.2 Å². The van der Waals surface area contributed by atoms with Gasteiger partial charge in [0.1, 0.15) is 5.75 Å². The predicted molar refractivity (Wildman–Crippen MR) is 70.3 cm³/mol. The fourth-order valence-electron chi connectivity index (χ4n) is 2.18. The van der Waals surface area contributed by atoms with Crippen molar-refractivity contribution in [1.82, 2.24) is 0 Å². The third kappa shape index (κ3) is 4.38. The van der Waals surface area contributed by atoms with E-state index in [-0.39, 0.29) is 16.7 Å². The Kier molecular flexibility index (Phi) is 5.05. The maximum atomic E-state index is 12.4. The number of alkyl halides is 3. The van der Waals surface area contributed by atoms with E-state index in [4.69, 9.17) is 10.5 Å². The monoisotopic (exact) mass is 291 g/mol. The molecule has 0 aliphatic heterocycles. The van der Waals surface area contributed by atoms with E-state index in [1.165, 1.54) is 25.3 Å². The molecule has 0 aromatic heterocycles. The van der Waals surface area contributed by atoms with Crippen molar-refractivity contribution in [3.8, 4) is 5.75 Å². The number of hydrogen-bond donors (Lipinski definition) is 1. The van der Waals surface area contributed by atoms with E-state index < -0.39 is 18.5 Å². The Hall–Kier alpha value is -1.27. The summed E-state index contributed by atoms with van der Waals surface area (Å²) in [5.41, 5.74) is 6.03. The maximum Gasteiger partial charge on any atom is 0.573 e. The van der Waals surface area contributed by atoms with E-state index in [0.717, 1.165) is 0 Å². The zero-order valence-electron chi connectivity index (χ0n) is 12.0. The Labute approximate surface area is 116 Å². The number of halogens is 3. The number of ether oxygens (including phenoxy) is 2. The molecule has 0 bridgehead atoms. The van der Waals surface area contributed by atoms with Crippen molar-refractivity contribution in [2.45, 2.75) is 39.3 Å². The van der Waals surface area contributed by atoms with Gasteiger partial charge in [-0.25, -0.2) is 0 Å². The number of hydrogen-bond acceptors (Lipinski definition) is 3. The highest BCUT2D eigenvalue weighted by molar-refractivity contribution is 5.36. The molecule has 0 spiro atoms. The molecule has 3 nitrogen and oxygen atoms in total. The highest BCUT2D eigenvalue weighted by atomic mass is 19.4. The zero-order valence-corrected chi connectivity index (χ0v) is 12.0. The molecule has 1 aromatic rings. The number of benzene rings is 1. The van der Waals surface area contributed by atoms with Gasteiger partial charge in [0.15, 0.2) is 0 Å². The van der Waals surface area contributed by atoms with E-state index in [9.17, 15) is 13.2 Å². The molecule has 1 rings (SSSR count). The molecular weight excluding hydrogens is 271 g/mol. The molecule has 1 aromatic carbocycles. The van der Waals surface area contributed by atoms with Gasteiger partial charge in [-0.2, -0.15) is 0 Å². The van der Waals surface area contributed by atoms with Crippen LogP contribution in [0.5, 0.6) is 5.75 Å². The Balaban J connectivity index is 3.12. The van der Waals surface area contributed by atoms with E-state index in [1.54, 1.807) is 6.07 Å². The van der Waals surface area contributed by atoms with Crippen molar-refractivity contribution in [1.29, 1.82) is 0 Å². The van der Waals surface area contributed by atoms with Crippen LogP contribution >= 0.6 is 0 Å². The van der Waals surface area contributed by atoms with E-state index in [1.807, 2.05) is 20.8 Å². The molecule has 0 saturated heterocycles. The second kappa shape index (κ2) is 6.01. The van der Waals surface area contributed by atoms with Crippen molar-refractivity contribution in [3.05, 3.63) is 29.8 Å². The lowest BCUT2D eigenvalue weighted by atomic mass is 9.82. The Morgan fingerprint density at radius 1 is 1.10 bits per heavy atom. The lowest BCUT2D eigenvalue weighted by molar-refractivity contribution is -0.275. The molecule has 6 heteroatoms. The van der Waals surface area contributed by atoms with Crippen molar-refractivity contribution < 1.29 is 22.6 Å². The minimum absolute atomic E-state index is 0.270. The van der Waals surface area contributed by atoms with Gasteiger partial charge in [-0.1, -0.05) is 39.0 Å². The normalized spacial score (nSPS) is 15.8. The van der Waals surface area contributed by atoms with Gasteiger partial charge in [0, 0.05) is 12.7 Å². The molecule has 0 aliphatic rings. The molecule has 0 radical (unpaired) electrons. The van der Waals surface area contributed by atoms with Crippen LogP contribution in [0.1, 0.15) is 32.4 Å². The summed E-state index contributed by atoms with van der Waals surface area (Å²) >= 11 is 0. The molecule has 20 heavy (non-hydrogen) atoms. The molecule has 2 unspecified atom stereocenters. The second-order valence-electron chi connectivity index (χ2n) is 5.63. The first kappa shape index (κ1) is 16.8. The molecule has 0 saturated carbocycles. The number of rotatable bonds is 4. The number of para-hydroxylation sites is 1. The highest BCUT2D eigenvalue weighted by Crippen LogP contribution is 2.36. The Morgan fingerprint density at radius 2 is 1.65 bits per heavy atom. The van der Waals surface area contributed by atoms with Crippen LogP contribution in [-0.4, -0.2) is 19.6 Å². The molecule has 114 valence electrons. The van der Waals surface area contributed by atoms with Gasteiger partial charge in [-0.3, -0.25) is 0 Å². The SMILES string of the molecule is COC(C(N)c1ccccc1OC(F)(F)F)C(C)(C)C.